The molecule has 0 saturated carbocycles. The average molecular weight is 261 g/mol. The highest BCUT2D eigenvalue weighted by Crippen LogP contribution is 2.33. The van der Waals surface area contributed by atoms with E-state index in [1.807, 2.05) is 36.4 Å². The van der Waals surface area contributed by atoms with E-state index < -0.39 is 0 Å². The standard InChI is InChI=1S/C14H13ClN2O/c1-18-13-11(3-2-4-12(13)14(16)17)9-5-7-10(15)8-6-9/h2-8H,1H3,(H3,16,17). The van der Waals surface area contributed by atoms with Crippen molar-refractivity contribution in [2.75, 3.05) is 7.11 Å². The number of ether oxygens (including phenoxy) is 1. The van der Waals surface area contributed by atoms with Crippen molar-refractivity contribution in [3.63, 3.8) is 0 Å². The van der Waals surface area contributed by atoms with Gasteiger partial charge >= 0.3 is 0 Å². The molecule has 3 nitrogen and oxygen atoms in total. The predicted octanol–water partition coefficient (Wildman–Crippen LogP) is 3.30. The lowest BCUT2D eigenvalue weighted by Gasteiger charge is -2.12. The largest absolute Gasteiger partial charge is 0.495 e. The third-order valence-electron chi connectivity index (χ3n) is 2.66. The normalized spacial score (nSPS) is 10.1. The molecule has 0 unspecified atom stereocenters. The maximum absolute atomic E-state index is 7.55. The monoisotopic (exact) mass is 260 g/mol. The third kappa shape index (κ3) is 2.31. The van der Waals surface area contributed by atoms with Gasteiger partial charge in [-0.2, -0.15) is 0 Å². The van der Waals surface area contributed by atoms with E-state index in [1.165, 1.54) is 0 Å². The SMILES string of the molecule is COc1c(C(=N)N)cccc1-c1ccc(Cl)cc1. The minimum atomic E-state index is -0.0114. The maximum atomic E-state index is 7.55. The molecule has 0 aromatic heterocycles. The van der Waals surface area contributed by atoms with Crippen molar-refractivity contribution in [3.05, 3.63) is 53.1 Å². The molecular formula is C14H13ClN2O. The Labute approximate surface area is 111 Å². The Bertz CT molecular complexity index is 579. The second-order valence-electron chi connectivity index (χ2n) is 3.81. The molecule has 2 rings (SSSR count). The number of nitrogens with two attached hydrogens (primary N) is 1. The van der Waals surface area contributed by atoms with Crippen LogP contribution >= 0.6 is 11.6 Å². The van der Waals surface area contributed by atoms with E-state index in [0.29, 0.717) is 16.3 Å². The molecule has 0 bridgehead atoms. The average Bonchev–Trinajstić information content (AvgIpc) is 2.38. The molecule has 0 aliphatic heterocycles. The van der Waals surface area contributed by atoms with Gasteiger partial charge in [-0.15, -0.1) is 0 Å². The first-order valence-corrected chi connectivity index (χ1v) is 5.78. The predicted molar refractivity (Wildman–Crippen MR) is 74.5 cm³/mol. The molecule has 4 heteroatoms. The number of para-hydroxylation sites is 1. The zero-order valence-corrected chi connectivity index (χ0v) is 10.7. The number of nitrogen functional groups attached to an aromatic ring is 1. The Hall–Kier alpha value is -2.00. The van der Waals surface area contributed by atoms with Gasteiger partial charge in [0.1, 0.15) is 11.6 Å². The lowest BCUT2D eigenvalue weighted by molar-refractivity contribution is 0.415. The minimum Gasteiger partial charge on any atom is -0.495 e. The summed E-state index contributed by atoms with van der Waals surface area (Å²) in [6.45, 7) is 0. The van der Waals surface area contributed by atoms with Crippen molar-refractivity contribution < 1.29 is 4.74 Å². The van der Waals surface area contributed by atoms with Gasteiger partial charge in [0.05, 0.1) is 12.7 Å². The quantitative estimate of drug-likeness (QED) is 0.657. The van der Waals surface area contributed by atoms with Gasteiger partial charge in [-0.1, -0.05) is 35.9 Å². The molecule has 0 aliphatic rings. The summed E-state index contributed by atoms with van der Waals surface area (Å²) in [5.74, 6) is 0.593. The van der Waals surface area contributed by atoms with E-state index in [0.717, 1.165) is 11.1 Å². The summed E-state index contributed by atoms with van der Waals surface area (Å²) in [7, 11) is 1.57. The molecule has 0 aliphatic carbocycles. The number of benzene rings is 2. The van der Waals surface area contributed by atoms with E-state index in [1.54, 1.807) is 13.2 Å². The van der Waals surface area contributed by atoms with Gasteiger partial charge in [0, 0.05) is 10.6 Å². The smallest absolute Gasteiger partial charge is 0.137 e. The topological polar surface area (TPSA) is 59.1 Å². The van der Waals surface area contributed by atoms with Crippen LogP contribution in [-0.2, 0) is 0 Å². The second-order valence-corrected chi connectivity index (χ2v) is 4.24. The highest BCUT2D eigenvalue weighted by atomic mass is 35.5. The zero-order chi connectivity index (χ0) is 13.1. The van der Waals surface area contributed by atoms with Crippen LogP contribution in [0.5, 0.6) is 5.75 Å². The fourth-order valence-electron chi connectivity index (χ4n) is 1.83. The van der Waals surface area contributed by atoms with Crippen LogP contribution in [0.3, 0.4) is 0 Å². The van der Waals surface area contributed by atoms with Crippen molar-refractivity contribution in [2.45, 2.75) is 0 Å². The Balaban J connectivity index is 2.60. The molecule has 18 heavy (non-hydrogen) atoms. The molecule has 0 atom stereocenters. The highest BCUT2D eigenvalue weighted by molar-refractivity contribution is 6.30. The number of amidine groups is 1. The third-order valence-corrected chi connectivity index (χ3v) is 2.92. The van der Waals surface area contributed by atoms with Crippen LogP contribution < -0.4 is 10.5 Å². The maximum Gasteiger partial charge on any atom is 0.137 e. The zero-order valence-electron chi connectivity index (χ0n) is 9.91. The number of nitrogens with one attached hydrogen (secondary N) is 1. The molecule has 0 heterocycles. The van der Waals surface area contributed by atoms with Gasteiger partial charge in [0.25, 0.3) is 0 Å². The van der Waals surface area contributed by atoms with Crippen molar-refractivity contribution in [1.82, 2.24) is 0 Å². The van der Waals surface area contributed by atoms with Crippen LogP contribution in [0.2, 0.25) is 5.02 Å². The van der Waals surface area contributed by atoms with E-state index in [4.69, 9.17) is 27.5 Å². The summed E-state index contributed by atoms with van der Waals surface area (Å²) < 4.78 is 5.37. The van der Waals surface area contributed by atoms with Crippen LogP contribution in [0.1, 0.15) is 5.56 Å². The molecule has 3 N–H and O–H groups in total. The molecule has 0 spiro atoms. The van der Waals surface area contributed by atoms with Gasteiger partial charge in [-0.3, -0.25) is 5.41 Å². The van der Waals surface area contributed by atoms with E-state index in [9.17, 15) is 0 Å². The Morgan fingerprint density at radius 1 is 1.17 bits per heavy atom. The van der Waals surface area contributed by atoms with E-state index in [2.05, 4.69) is 0 Å². The van der Waals surface area contributed by atoms with Crippen LogP contribution in [-0.4, -0.2) is 12.9 Å². The number of halogens is 1. The fraction of sp³-hybridized carbons (Fsp3) is 0.0714. The second kappa shape index (κ2) is 5.10. The number of methoxy groups -OCH3 is 1. The van der Waals surface area contributed by atoms with Gasteiger partial charge < -0.3 is 10.5 Å². The lowest BCUT2D eigenvalue weighted by atomic mass is 10.0. The minimum absolute atomic E-state index is 0.0114. The fourth-order valence-corrected chi connectivity index (χ4v) is 1.95. The van der Waals surface area contributed by atoms with E-state index >= 15 is 0 Å². The summed E-state index contributed by atoms with van der Waals surface area (Å²) in [6, 6.07) is 13.0. The Kier molecular flexibility index (Phi) is 3.53. The molecule has 0 saturated heterocycles. The lowest BCUT2D eigenvalue weighted by Crippen LogP contribution is -2.12. The number of hydrogen-bond donors (Lipinski definition) is 2. The number of rotatable bonds is 3. The van der Waals surface area contributed by atoms with Crippen LogP contribution in [0.4, 0.5) is 0 Å². The van der Waals surface area contributed by atoms with Crippen molar-refractivity contribution in [2.24, 2.45) is 5.73 Å². The molecular weight excluding hydrogens is 248 g/mol. The molecule has 2 aromatic rings. The summed E-state index contributed by atoms with van der Waals surface area (Å²) >= 11 is 5.87. The van der Waals surface area contributed by atoms with Gasteiger partial charge in [-0.05, 0) is 23.8 Å². The van der Waals surface area contributed by atoms with E-state index in [-0.39, 0.29) is 5.84 Å². The molecule has 0 amide bonds. The first-order valence-electron chi connectivity index (χ1n) is 5.41. The van der Waals surface area contributed by atoms with Crippen LogP contribution in [0, 0.1) is 5.41 Å². The van der Waals surface area contributed by atoms with Crippen molar-refractivity contribution in [1.29, 1.82) is 5.41 Å². The molecule has 2 aromatic carbocycles. The van der Waals surface area contributed by atoms with Crippen molar-refractivity contribution in [3.8, 4) is 16.9 Å². The number of hydrogen-bond acceptors (Lipinski definition) is 2. The Morgan fingerprint density at radius 3 is 2.39 bits per heavy atom. The first-order chi connectivity index (χ1) is 8.63. The molecule has 0 fully saturated rings. The highest BCUT2D eigenvalue weighted by Gasteiger charge is 2.12. The summed E-state index contributed by atoms with van der Waals surface area (Å²) in [5, 5.41) is 8.23. The van der Waals surface area contributed by atoms with Crippen LogP contribution in [0.25, 0.3) is 11.1 Å². The van der Waals surface area contributed by atoms with Gasteiger partial charge in [0.15, 0.2) is 0 Å². The first kappa shape index (κ1) is 12.5. The van der Waals surface area contributed by atoms with Gasteiger partial charge in [0.2, 0.25) is 0 Å². The molecule has 92 valence electrons. The summed E-state index contributed by atoms with van der Waals surface area (Å²) in [5.41, 5.74) is 7.99. The van der Waals surface area contributed by atoms with Crippen molar-refractivity contribution >= 4 is 17.4 Å². The summed E-state index contributed by atoms with van der Waals surface area (Å²) in [6.07, 6.45) is 0. The van der Waals surface area contributed by atoms with Crippen LogP contribution in [0.15, 0.2) is 42.5 Å². The summed E-state index contributed by atoms with van der Waals surface area (Å²) in [4.78, 5) is 0. The van der Waals surface area contributed by atoms with Gasteiger partial charge in [-0.25, -0.2) is 0 Å². The Morgan fingerprint density at radius 2 is 1.83 bits per heavy atom. The molecule has 0 radical (unpaired) electrons.